The van der Waals surface area contributed by atoms with E-state index in [1.807, 2.05) is 47.1 Å². The summed E-state index contributed by atoms with van der Waals surface area (Å²) < 4.78 is 3.28. The van der Waals surface area contributed by atoms with Gasteiger partial charge in [-0.2, -0.15) is 4.98 Å². The van der Waals surface area contributed by atoms with Crippen molar-refractivity contribution in [1.29, 1.82) is 0 Å². The Morgan fingerprint density at radius 3 is 2.63 bits per heavy atom. The summed E-state index contributed by atoms with van der Waals surface area (Å²) >= 11 is 0. The van der Waals surface area contributed by atoms with Crippen molar-refractivity contribution < 1.29 is 0 Å². The molecule has 4 rings (SSSR count). The van der Waals surface area contributed by atoms with Crippen LogP contribution in [0.15, 0.2) is 46.0 Å². The molecular formula is C19H22N6O2. The first-order chi connectivity index (χ1) is 13.1. The van der Waals surface area contributed by atoms with Crippen LogP contribution >= 0.6 is 0 Å². The number of H-pyrrole nitrogens is 1. The van der Waals surface area contributed by atoms with Gasteiger partial charge in [-0.25, -0.2) is 4.79 Å². The van der Waals surface area contributed by atoms with E-state index in [1.165, 1.54) is 4.57 Å². The molecule has 2 N–H and O–H groups in total. The second-order valence-electron chi connectivity index (χ2n) is 6.56. The first kappa shape index (κ1) is 17.3. The van der Waals surface area contributed by atoms with Gasteiger partial charge >= 0.3 is 5.69 Å². The number of piperazine rings is 1. The Morgan fingerprint density at radius 1 is 1.15 bits per heavy atom. The van der Waals surface area contributed by atoms with Crippen LogP contribution in [0.3, 0.4) is 0 Å². The van der Waals surface area contributed by atoms with Gasteiger partial charge in [0.2, 0.25) is 5.95 Å². The van der Waals surface area contributed by atoms with Crippen LogP contribution in [0.1, 0.15) is 5.56 Å². The fourth-order valence-electron chi connectivity index (χ4n) is 3.36. The van der Waals surface area contributed by atoms with E-state index in [1.54, 1.807) is 7.05 Å². The van der Waals surface area contributed by atoms with E-state index < -0.39 is 11.2 Å². The normalized spacial score (nSPS) is 15.1. The maximum absolute atomic E-state index is 12.5. The minimum Gasteiger partial charge on any atom is -0.340 e. The van der Waals surface area contributed by atoms with Crippen LogP contribution in [0.4, 0.5) is 5.95 Å². The van der Waals surface area contributed by atoms with Gasteiger partial charge in [-0.15, -0.1) is 0 Å². The summed E-state index contributed by atoms with van der Waals surface area (Å²) in [4.78, 5) is 33.7. The zero-order valence-electron chi connectivity index (χ0n) is 15.2. The molecule has 0 amide bonds. The molecule has 0 bridgehead atoms. The van der Waals surface area contributed by atoms with Crippen molar-refractivity contribution >= 4 is 23.2 Å². The van der Waals surface area contributed by atoms with Crippen LogP contribution < -0.4 is 21.5 Å². The van der Waals surface area contributed by atoms with E-state index in [0.717, 1.165) is 37.7 Å². The second kappa shape index (κ2) is 7.24. The minimum absolute atomic E-state index is 0.407. The third-order valence-electron chi connectivity index (χ3n) is 4.78. The van der Waals surface area contributed by atoms with Crippen LogP contribution in [-0.4, -0.2) is 45.3 Å². The number of imidazole rings is 1. The average Bonchev–Trinajstić information content (AvgIpc) is 3.08. The fraction of sp³-hybridized carbons (Fsp3) is 0.316. The van der Waals surface area contributed by atoms with Gasteiger partial charge in [0.1, 0.15) is 0 Å². The highest BCUT2D eigenvalue weighted by atomic mass is 16.2. The number of fused-ring (bicyclic) bond motifs is 1. The van der Waals surface area contributed by atoms with Gasteiger partial charge in [0.25, 0.3) is 5.56 Å². The van der Waals surface area contributed by atoms with Gasteiger partial charge in [-0.3, -0.25) is 14.3 Å². The Morgan fingerprint density at radius 2 is 1.89 bits per heavy atom. The van der Waals surface area contributed by atoms with Crippen LogP contribution in [-0.2, 0) is 13.6 Å². The number of rotatable bonds is 4. The lowest BCUT2D eigenvalue weighted by atomic mass is 10.2. The molecule has 1 aromatic carbocycles. The molecule has 1 aliphatic rings. The van der Waals surface area contributed by atoms with Crippen LogP contribution in [0.2, 0.25) is 0 Å². The predicted octanol–water partition coefficient (Wildman–Crippen LogP) is 0.546. The molecule has 0 radical (unpaired) electrons. The van der Waals surface area contributed by atoms with E-state index in [0.29, 0.717) is 17.7 Å². The predicted molar refractivity (Wildman–Crippen MR) is 106 cm³/mol. The summed E-state index contributed by atoms with van der Waals surface area (Å²) in [5.74, 6) is 0.718. The molecule has 0 unspecified atom stereocenters. The Kier molecular flexibility index (Phi) is 4.64. The van der Waals surface area contributed by atoms with Gasteiger partial charge < -0.3 is 14.8 Å². The summed E-state index contributed by atoms with van der Waals surface area (Å²) in [7, 11) is 1.62. The maximum atomic E-state index is 12.5. The molecule has 1 aliphatic heterocycles. The van der Waals surface area contributed by atoms with Crippen molar-refractivity contribution in [3.05, 3.63) is 62.8 Å². The first-order valence-electron chi connectivity index (χ1n) is 9.02. The first-order valence-corrected chi connectivity index (χ1v) is 9.02. The van der Waals surface area contributed by atoms with Crippen LogP contribution in [0.25, 0.3) is 17.2 Å². The largest absolute Gasteiger partial charge is 0.340 e. The standard InChI is InChI=1S/C19H22N6O2/c1-23-16-15(17(26)22-19(23)27)25(11-5-8-14-6-3-2-4-7-14)18(21-16)24-12-9-20-10-13-24/h2-8,20H,9-13H2,1H3,(H,22,26,27). The zero-order chi connectivity index (χ0) is 18.8. The molecular weight excluding hydrogens is 344 g/mol. The fourth-order valence-corrected chi connectivity index (χ4v) is 3.36. The van der Waals surface area contributed by atoms with Crippen LogP contribution in [0, 0.1) is 0 Å². The number of benzene rings is 1. The van der Waals surface area contributed by atoms with E-state index in [-0.39, 0.29) is 0 Å². The van der Waals surface area contributed by atoms with Crippen molar-refractivity contribution in [1.82, 2.24) is 24.4 Å². The molecule has 1 saturated heterocycles. The van der Waals surface area contributed by atoms with Gasteiger partial charge in [-0.05, 0) is 5.56 Å². The number of hydrogen-bond donors (Lipinski definition) is 2. The molecule has 27 heavy (non-hydrogen) atoms. The smallest absolute Gasteiger partial charge is 0.329 e. The van der Waals surface area contributed by atoms with Crippen LogP contribution in [0.5, 0.6) is 0 Å². The molecule has 3 aromatic rings. The topological polar surface area (TPSA) is 87.9 Å². The van der Waals surface area contributed by atoms with Crippen molar-refractivity contribution in [2.24, 2.45) is 7.05 Å². The molecule has 8 nitrogen and oxygen atoms in total. The maximum Gasteiger partial charge on any atom is 0.329 e. The van der Waals surface area contributed by atoms with Crippen molar-refractivity contribution in [2.45, 2.75) is 6.54 Å². The summed E-state index contributed by atoms with van der Waals surface area (Å²) in [5.41, 5.74) is 1.06. The van der Waals surface area contributed by atoms with E-state index >= 15 is 0 Å². The monoisotopic (exact) mass is 366 g/mol. The van der Waals surface area contributed by atoms with Gasteiger partial charge in [0, 0.05) is 39.8 Å². The number of aromatic amines is 1. The number of nitrogens with zero attached hydrogens (tertiary/aromatic N) is 4. The molecule has 2 aromatic heterocycles. The highest BCUT2D eigenvalue weighted by Crippen LogP contribution is 2.20. The summed E-state index contributed by atoms with van der Waals surface area (Å²) in [5, 5.41) is 3.32. The van der Waals surface area contributed by atoms with Gasteiger partial charge in [-0.1, -0.05) is 42.5 Å². The average molecular weight is 366 g/mol. The highest BCUT2D eigenvalue weighted by molar-refractivity contribution is 5.74. The lowest BCUT2D eigenvalue weighted by molar-refractivity contribution is 0.572. The second-order valence-corrected chi connectivity index (χ2v) is 6.56. The lowest BCUT2D eigenvalue weighted by Crippen LogP contribution is -2.44. The van der Waals surface area contributed by atoms with Crippen molar-refractivity contribution in [2.75, 3.05) is 31.1 Å². The number of nitrogens with one attached hydrogen (secondary N) is 2. The number of anilines is 1. The third kappa shape index (κ3) is 3.31. The summed E-state index contributed by atoms with van der Waals surface area (Å²) in [6.07, 6.45) is 4.02. The highest BCUT2D eigenvalue weighted by Gasteiger charge is 2.22. The van der Waals surface area contributed by atoms with E-state index in [9.17, 15) is 9.59 Å². The number of hydrogen-bond acceptors (Lipinski definition) is 5. The molecule has 0 saturated carbocycles. The molecule has 0 spiro atoms. The van der Waals surface area contributed by atoms with Crippen molar-refractivity contribution in [3.63, 3.8) is 0 Å². The van der Waals surface area contributed by atoms with Crippen molar-refractivity contribution in [3.8, 4) is 0 Å². The van der Waals surface area contributed by atoms with E-state index in [4.69, 9.17) is 0 Å². The third-order valence-corrected chi connectivity index (χ3v) is 4.78. The number of aromatic nitrogens is 4. The zero-order valence-corrected chi connectivity index (χ0v) is 15.2. The molecule has 1 fully saturated rings. The summed E-state index contributed by atoms with van der Waals surface area (Å²) in [6.45, 7) is 3.82. The Bertz CT molecular complexity index is 1090. The molecule has 140 valence electrons. The van der Waals surface area contributed by atoms with Gasteiger partial charge in [0.05, 0.1) is 0 Å². The summed E-state index contributed by atoms with van der Waals surface area (Å²) in [6, 6.07) is 9.99. The quantitative estimate of drug-likeness (QED) is 0.704. The molecule has 0 atom stereocenters. The van der Waals surface area contributed by atoms with E-state index in [2.05, 4.69) is 20.2 Å². The molecule has 3 heterocycles. The number of aryl methyl sites for hydroxylation is 1. The Balaban J connectivity index is 1.80. The molecule has 0 aliphatic carbocycles. The lowest BCUT2D eigenvalue weighted by Gasteiger charge is -2.28. The molecule has 8 heteroatoms. The Labute approximate surface area is 155 Å². The SMILES string of the molecule is Cn1c(=O)[nH]c(=O)c2c1nc(N1CCNCC1)n2CC=Cc1ccccc1. The minimum atomic E-state index is -0.455. The number of allylic oxidation sites excluding steroid dienone is 1. The Hall–Kier alpha value is -3.13. The van der Waals surface area contributed by atoms with Gasteiger partial charge in [0.15, 0.2) is 11.2 Å².